The van der Waals surface area contributed by atoms with Crippen molar-refractivity contribution in [3.05, 3.63) is 0 Å². The highest BCUT2D eigenvalue weighted by Crippen LogP contribution is 2.16. The molecular weight excluding hydrogens is 294 g/mol. The highest BCUT2D eigenvalue weighted by molar-refractivity contribution is 7.89. The van der Waals surface area contributed by atoms with Gasteiger partial charge in [-0.15, -0.1) is 0 Å². The van der Waals surface area contributed by atoms with E-state index in [9.17, 15) is 18.0 Å². The molecule has 0 radical (unpaired) electrons. The van der Waals surface area contributed by atoms with Crippen LogP contribution in [-0.4, -0.2) is 56.1 Å². The minimum absolute atomic E-state index is 0.0828. The van der Waals surface area contributed by atoms with E-state index < -0.39 is 22.1 Å². The summed E-state index contributed by atoms with van der Waals surface area (Å²) >= 11 is 0. The molecule has 2 amide bonds. The Morgan fingerprint density at radius 1 is 1.43 bits per heavy atom. The maximum atomic E-state index is 12.4. The molecule has 0 aliphatic carbocycles. The Labute approximate surface area is 126 Å². The van der Waals surface area contributed by atoms with Gasteiger partial charge >= 0.3 is 0 Å². The highest BCUT2D eigenvalue weighted by Gasteiger charge is 2.35. The van der Waals surface area contributed by atoms with Gasteiger partial charge < -0.3 is 10.2 Å². The van der Waals surface area contributed by atoms with Gasteiger partial charge in [0.1, 0.15) is 6.04 Å². The monoisotopic (exact) mass is 319 g/mol. The van der Waals surface area contributed by atoms with Crippen molar-refractivity contribution >= 4 is 21.8 Å². The number of amides is 2. The Morgan fingerprint density at radius 2 is 2.05 bits per heavy atom. The number of nitrogens with zero attached hydrogens (tertiary/aromatic N) is 1. The molecule has 0 saturated carbocycles. The van der Waals surface area contributed by atoms with E-state index in [0.717, 1.165) is 0 Å². The Hall–Kier alpha value is -1.15. The molecule has 8 heteroatoms. The molecule has 0 aromatic carbocycles. The van der Waals surface area contributed by atoms with Crippen molar-refractivity contribution in [3.63, 3.8) is 0 Å². The number of nitrogens with one attached hydrogen (secondary N) is 2. The van der Waals surface area contributed by atoms with Crippen molar-refractivity contribution in [2.75, 3.05) is 18.8 Å². The van der Waals surface area contributed by atoms with Crippen LogP contribution in [0.3, 0.4) is 0 Å². The third-order valence-electron chi connectivity index (χ3n) is 3.42. The largest absolute Gasteiger partial charge is 0.353 e. The molecule has 2 N–H and O–H groups in total. The molecule has 1 fully saturated rings. The standard InChI is InChI=1S/C13H25N3O4S/c1-5-21(19,20)15-10(4)13(18)16-7-6-14-12(17)11(16)8-9(2)3/h9-11,15H,5-8H2,1-4H3,(H,14,17). The Morgan fingerprint density at radius 3 is 2.57 bits per heavy atom. The van der Waals surface area contributed by atoms with E-state index in [0.29, 0.717) is 19.5 Å². The van der Waals surface area contributed by atoms with E-state index in [-0.39, 0.29) is 23.5 Å². The fourth-order valence-electron chi connectivity index (χ4n) is 2.31. The van der Waals surface area contributed by atoms with Crippen LogP contribution in [0, 0.1) is 5.92 Å². The van der Waals surface area contributed by atoms with Gasteiger partial charge in [-0.1, -0.05) is 13.8 Å². The van der Waals surface area contributed by atoms with Gasteiger partial charge in [-0.3, -0.25) is 9.59 Å². The van der Waals surface area contributed by atoms with Gasteiger partial charge in [0, 0.05) is 13.1 Å². The Bertz CT molecular complexity index is 490. The molecular formula is C13H25N3O4S. The second-order valence-corrected chi connectivity index (χ2v) is 7.75. The van der Waals surface area contributed by atoms with Gasteiger partial charge in [-0.05, 0) is 26.2 Å². The van der Waals surface area contributed by atoms with Crippen LogP contribution in [0.25, 0.3) is 0 Å². The predicted octanol–water partition coefficient (Wildman–Crippen LogP) is -0.313. The molecule has 1 rings (SSSR count). The molecule has 1 aliphatic rings. The van der Waals surface area contributed by atoms with Crippen molar-refractivity contribution in [1.29, 1.82) is 0 Å². The molecule has 0 aromatic rings. The van der Waals surface area contributed by atoms with Crippen LogP contribution < -0.4 is 10.0 Å². The summed E-state index contributed by atoms with van der Waals surface area (Å²) in [6, 6.07) is -1.39. The van der Waals surface area contributed by atoms with Gasteiger partial charge in [0.15, 0.2) is 0 Å². The molecule has 1 heterocycles. The summed E-state index contributed by atoms with van der Waals surface area (Å²) in [5.74, 6) is -0.348. The summed E-state index contributed by atoms with van der Waals surface area (Å²) in [4.78, 5) is 25.9. The molecule has 0 aromatic heterocycles. The molecule has 2 unspecified atom stereocenters. The molecule has 21 heavy (non-hydrogen) atoms. The normalized spacial score (nSPS) is 21.3. The number of rotatable bonds is 6. The van der Waals surface area contributed by atoms with Gasteiger partial charge in [0.25, 0.3) is 0 Å². The molecule has 122 valence electrons. The molecule has 7 nitrogen and oxygen atoms in total. The second-order valence-electron chi connectivity index (χ2n) is 5.71. The molecule has 0 spiro atoms. The van der Waals surface area contributed by atoms with Crippen LogP contribution in [0.4, 0.5) is 0 Å². The number of sulfonamides is 1. The lowest BCUT2D eigenvalue weighted by Crippen LogP contribution is -2.61. The molecule has 1 saturated heterocycles. The zero-order valence-corrected chi connectivity index (χ0v) is 13.9. The average Bonchev–Trinajstić information content (AvgIpc) is 2.39. The minimum atomic E-state index is -3.45. The highest BCUT2D eigenvalue weighted by atomic mass is 32.2. The van der Waals surface area contributed by atoms with E-state index in [1.165, 1.54) is 18.7 Å². The summed E-state index contributed by atoms with van der Waals surface area (Å²) < 4.78 is 25.5. The quantitative estimate of drug-likeness (QED) is 0.702. The van der Waals surface area contributed by atoms with Crippen LogP contribution in [-0.2, 0) is 19.6 Å². The lowest BCUT2D eigenvalue weighted by molar-refractivity contribution is -0.144. The van der Waals surface area contributed by atoms with Crippen LogP contribution in [0.5, 0.6) is 0 Å². The topological polar surface area (TPSA) is 95.6 Å². The summed E-state index contributed by atoms with van der Waals surface area (Å²) in [5.41, 5.74) is 0. The third-order valence-corrected chi connectivity index (χ3v) is 4.89. The third kappa shape index (κ3) is 4.96. The summed E-state index contributed by atoms with van der Waals surface area (Å²) in [7, 11) is -3.45. The number of carbonyl (C=O) groups excluding carboxylic acids is 2. The van der Waals surface area contributed by atoms with Crippen molar-refractivity contribution < 1.29 is 18.0 Å². The predicted molar refractivity (Wildman–Crippen MR) is 80.0 cm³/mol. The number of carbonyl (C=O) groups is 2. The lowest BCUT2D eigenvalue weighted by atomic mass is 9.99. The van der Waals surface area contributed by atoms with Crippen molar-refractivity contribution in [2.24, 2.45) is 5.92 Å². The van der Waals surface area contributed by atoms with E-state index in [4.69, 9.17) is 0 Å². The number of piperazine rings is 1. The minimum Gasteiger partial charge on any atom is -0.353 e. The van der Waals surface area contributed by atoms with E-state index in [1.807, 2.05) is 13.8 Å². The Balaban J connectivity index is 2.84. The van der Waals surface area contributed by atoms with Crippen molar-refractivity contribution in [2.45, 2.75) is 46.2 Å². The Kier molecular flexibility index (Phi) is 6.15. The summed E-state index contributed by atoms with van der Waals surface area (Å²) in [5, 5.41) is 2.75. The van der Waals surface area contributed by atoms with Crippen LogP contribution in [0.2, 0.25) is 0 Å². The van der Waals surface area contributed by atoms with Gasteiger partial charge in [-0.2, -0.15) is 0 Å². The first-order valence-corrected chi connectivity index (χ1v) is 8.91. The first kappa shape index (κ1) is 17.9. The van der Waals surface area contributed by atoms with Crippen molar-refractivity contribution in [1.82, 2.24) is 14.9 Å². The smallest absolute Gasteiger partial charge is 0.242 e. The van der Waals surface area contributed by atoms with Gasteiger partial charge in [0.05, 0.1) is 11.8 Å². The zero-order chi connectivity index (χ0) is 16.2. The number of hydrogen-bond acceptors (Lipinski definition) is 4. The zero-order valence-electron chi connectivity index (χ0n) is 13.0. The first-order valence-electron chi connectivity index (χ1n) is 7.26. The molecule has 2 atom stereocenters. The summed E-state index contributed by atoms with van der Waals surface area (Å²) in [6.07, 6.45) is 0.560. The lowest BCUT2D eigenvalue weighted by Gasteiger charge is -2.37. The molecule has 0 bridgehead atoms. The molecule has 1 aliphatic heterocycles. The average molecular weight is 319 g/mol. The maximum absolute atomic E-state index is 12.4. The maximum Gasteiger partial charge on any atom is 0.242 e. The van der Waals surface area contributed by atoms with Crippen LogP contribution >= 0.6 is 0 Å². The van der Waals surface area contributed by atoms with Crippen LogP contribution in [0.1, 0.15) is 34.1 Å². The summed E-state index contributed by atoms with van der Waals surface area (Å²) in [6.45, 7) is 7.78. The fraction of sp³-hybridized carbons (Fsp3) is 0.846. The van der Waals surface area contributed by atoms with E-state index in [2.05, 4.69) is 10.0 Å². The van der Waals surface area contributed by atoms with Gasteiger partial charge in [-0.25, -0.2) is 13.1 Å². The van der Waals surface area contributed by atoms with Crippen molar-refractivity contribution in [3.8, 4) is 0 Å². The van der Waals surface area contributed by atoms with Gasteiger partial charge in [0.2, 0.25) is 21.8 Å². The second kappa shape index (κ2) is 7.22. The van der Waals surface area contributed by atoms with Crippen LogP contribution in [0.15, 0.2) is 0 Å². The number of hydrogen-bond donors (Lipinski definition) is 2. The van der Waals surface area contributed by atoms with E-state index in [1.54, 1.807) is 0 Å². The fourth-order valence-corrected chi connectivity index (χ4v) is 3.12. The SMILES string of the molecule is CCS(=O)(=O)NC(C)C(=O)N1CCNC(=O)C1CC(C)C. The van der Waals surface area contributed by atoms with E-state index >= 15 is 0 Å². The first-order chi connectivity index (χ1) is 9.68.